The van der Waals surface area contributed by atoms with Crippen LogP contribution in [0.2, 0.25) is 10.0 Å². The Balaban J connectivity index is 2.77. The van der Waals surface area contributed by atoms with Gasteiger partial charge in [-0.15, -0.1) is 0 Å². The molecule has 1 rings (SSSR count). The van der Waals surface area contributed by atoms with Crippen molar-refractivity contribution in [3.05, 3.63) is 28.2 Å². The Bertz CT molecular complexity index is 497. The van der Waals surface area contributed by atoms with Crippen molar-refractivity contribution in [1.29, 1.82) is 0 Å². The maximum Gasteiger partial charge on any atom is 0.333 e. The SMILES string of the molecule is O=C(Nc1cc(Cl)cc(Cl)c1)NS(=O)(=O)Cl. The maximum absolute atomic E-state index is 11.1. The van der Waals surface area contributed by atoms with Crippen LogP contribution in [0.4, 0.5) is 10.5 Å². The average Bonchev–Trinajstić information content (AvgIpc) is 1.96. The second-order valence-electron chi connectivity index (χ2n) is 2.65. The molecule has 0 spiro atoms. The number of benzene rings is 1. The van der Waals surface area contributed by atoms with Crippen LogP contribution in [0, 0.1) is 0 Å². The van der Waals surface area contributed by atoms with Gasteiger partial charge in [-0.25, -0.2) is 9.52 Å². The van der Waals surface area contributed by atoms with Crippen molar-refractivity contribution in [1.82, 2.24) is 4.72 Å². The van der Waals surface area contributed by atoms with E-state index in [1.54, 1.807) is 0 Å². The standard InChI is InChI=1S/C7H5Cl3N2O3S/c8-4-1-5(9)3-6(2-4)11-7(13)12-16(10,14)15/h1-3H,(H2,11,12,13). The number of amides is 2. The van der Waals surface area contributed by atoms with Crippen LogP contribution < -0.4 is 10.0 Å². The highest BCUT2D eigenvalue weighted by Crippen LogP contribution is 2.22. The molecule has 0 saturated heterocycles. The van der Waals surface area contributed by atoms with Crippen LogP contribution in [0.3, 0.4) is 0 Å². The highest BCUT2D eigenvalue weighted by Gasteiger charge is 2.10. The minimum Gasteiger partial charge on any atom is -0.307 e. The normalized spacial score (nSPS) is 10.9. The number of nitrogens with one attached hydrogen (secondary N) is 2. The van der Waals surface area contributed by atoms with Crippen molar-refractivity contribution in [3.63, 3.8) is 0 Å². The molecular formula is C7H5Cl3N2O3S. The lowest BCUT2D eigenvalue weighted by atomic mass is 10.3. The summed E-state index contributed by atoms with van der Waals surface area (Å²) in [6, 6.07) is 3.25. The van der Waals surface area contributed by atoms with Gasteiger partial charge in [-0.2, -0.15) is 8.42 Å². The third-order valence-electron chi connectivity index (χ3n) is 1.34. The Labute approximate surface area is 106 Å². The fourth-order valence-electron chi connectivity index (χ4n) is 0.893. The molecule has 88 valence electrons. The first-order chi connectivity index (χ1) is 7.26. The molecule has 0 unspecified atom stereocenters. The number of carbonyl (C=O) groups excluding carboxylic acids is 1. The van der Waals surface area contributed by atoms with Crippen molar-refractivity contribution in [2.75, 3.05) is 5.32 Å². The highest BCUT2D eigenvalue weighted by molar-refractivity contribution is 8.12. The molecule has 0 bridgehead atoms. The molecule has 9 heteroatoms. The summed E-state index contributed by atoms with van der Waals surface area (Å²) in [6.07, 6.45) is 0. The zero-order valence-electron chi connectivity index (χ0n) is 7.50. The summed E-state index contributed by atoms with van der Waals surface area (Å²) in [6.45, 7) is 0. The molecule has 0 aliphatic heterocycles. The average molecular weight is 304 g/mol. The van der Waals surface area contributed by atoms with Crippen molar-refractivity contribution in [3.8, 4) is 0 Å². The van der Waals surface area contributed by atoms with Gasteiger partial charge in [0.15, 0.2) is 0 Å². The molecular weight excluding hydrogens is 299 g/mol. The van der Waals surface area contributed by atoms with E-state index in [0.717, 1.165) is 0 Å². The summed E-state index contributed by atoms with van der Waals surface area (Å²) in [4.78, 5) is 11.1. The van der Waals surface area contributed by atoms with Crippen LogP contribution in [-0.2, 0) is 9.24 Å². The fourth-order valence-corrected chi connectivity index (χ4v) is 1.90. The number of rotatable bonds is 2. The Kier molecular flexibility index (Phi) is 4.26. The van der Waals surface area contributed by atoms with Crippen LogP contribution in [0.1, 0.15) is 0 Å². The molecule has 0 aromatic heterocycles. The molecule has 0 radical (unpaired) electrons. The van der Waals surface area contributed by atoms with Gasteiger partial charge in [0.25, 0.3) is 0 Å². The molecule has 0 aliphatic rings. The summed E-state index contributed by atoms with van der Waals surface area (Å²) in [5.74, 6) is 0. The van der Waals surface area contributed by atoms with E-state index < -0.39 is 15.3 Å². The highest BCUT2D eigenvalue weighted by atomic mass is 35.7. The summed E-state index contributed by atoms with van der Waals surface area (Å²) in [5.41, 5.74) is 0.246. The van der Waals surface area contributed by atoms with Crippen LogP contribution >= 0.6 is 33.9 Å². The Morgan fingerprint density at radius 1 is 1.12 bits per heavy atom. The molecule has 1 aromatic carbocycles. The van der Waals surface area contributed by atoms with E-state index >= 15 is 0 Å². The van der Waals surface area contributed by atoms with Crippen molar-refractivity contribution in [2.45, 2.75) is 0 Å². The molecule has 0 aliphatic carbocycles. The number of anilines is 1. The number of hydrogen-bond acceptors (Lipinski definition) is 3. The summed E-state index contributed by atoms with van der Waals surface area (Å²) in [5, 5.41) is 2.80. The molecule has 2 N–H and O–H groups in total. The Hall–Kier alpha value is -0.690. The smallest absolute Gasteiger partial charge is 0.307 e. The third-order valence-corrected chi connectivity index (χ3v) is 2.43. The van der Waals surface area contributed by atoms with Crippen molar-refractivity contribution in [2.24, 2.45) is 0 Å². The van der Waals surface area contributed by atoms with Gasteiger partial charge in [0.05, 0.1) is 0 Å². The Morgan fingerprint density at radius 3 is 2.06 bits per heavy atom. The summed E-state index contributed by atoms with van der Waals surface area (Å²) < 4.78 is 22.5. The van der Waals surface area contributed by atoms with E-state index in [0.29, 0.717) is 10.0 Å². The molecule has 16 heavy (non-hydrogen) atoms. The topological polar surface area (TPSA) is 75.3 Å². The minimum atomic E-state index is -4.12. The van der Waals surface area contributed by atoms with E-state index in [-0.39, 0.29) is 5.69 Å². The van der Waals surface area contributed by atoms with E-state index in [2.05, 4.69) is 5.32 Å². The maximum atomic E-state index is 11.1. The fraction of sp³-hybridized carbons (Fsp3) is 0. The van der Waals surface area contributed by atoms with Gasteiger partial charge in [-0.1, -0.05) is 23.2 Å². The number of urea groups is 1. The second kappa shape index (κ2) is 5.09. The second-order valence-corrected chi connectivity index (χ2v) is 5.82. The zero-order chi connectivity index (χ0) is 12.3. The Morgan fingerprint density at radius 2 is 1.62 bits per heavy atom. The van der Waals surface area contributed by atoms with Gasteiger partial charge in [0.1, 0.15) is 0 Å². The van der Waals surface area contributed by atoms with Gasteiger partial charge < -0.3 is 5.32 Å². The quantitative estimate of drug-likeness (QED) is 0.825. The lowest BCUT2D eigenvalue weighted by Gasteiger charge is -2.05. The third kappa shape index (κ3) is 4.89. The molecule has 5 nitrogen and oxygen atoms in total. The van der Waals surface area contributed by atoms with E-state index in [9.17, 15) is 13.2 Å². The predicted octanol–water partition coefficient (Wildman–Crippen LogP) is 2.60. The number of halogens is 3. The van der Waals surface area contributed by atoms with Crippen LogP contribution in [0.15, 0.2) is 18.2 Å². The van der Waals surface area contributed by atoms with Crippen LogP contribution in [-0.4, -0.2) is 14.4 Å². The largest absolute Gasteiger partial charge is 0.333 e. The zero-order valence-corrected chi connectivity index (χ0v) is 10.6. The van der Waals surface area contributed by atoms with Crippen molar-refractivity contribution < 1.29 is 13.2 Å². The van der Waals surface area contributed by atoms with Crippen molar-refractivity contribution >= 4 is 54.8 Å². The summed E-state index contributed by atoms with van der Waals surface area (Å²) in [7, 11) is 0.685. The molecule has 2 amide bonds. The van der Waals surface area contributed by atoms with E-state index in [1.165, 1.54) is 22.9 Å². The molecule has 1 aromatic rings. The summed E-state index contributed by atoms with van der Waals surface area (Å²) >= 11 is 11.3. The van der Waals surface area contributed by atoms with Gasteiger partial charge in [-0.3, -0.25) is 0 Å². The first-order valence-corrected chi connectivity index (χ1v) is 6.82. The number of hydrogen-bond donors (Lipinski definition) is 2. The first kappa shape index (κ1) is 13.4. The predicted molar refractivity (Wildman–Crippen MR) is 63.4 cm³/mol. The van der Waals surface area contributed by atoms with E-state index in [1.807, 2.05) is 0 Å². The molecule has 0 saturated carbocycles. The van der Waals surface area contributed by atoms with Crippen LogP contribution in [0.25, 0.3) is 0 Å². The van der Waals surface area contributed by atoms with Crippen LogP contribution in [0.5, 0.6) is 0 Å². The number of carbonyl (C=O) groups is 1. The van der Waals surface area contributed by atoms with Gasteiger partial charge in [0, 0.05) is 26.4 Å². The molecule has 0 heterocycles. The lowest BCUT2D eigenvalue weighted by molar-refractivity contribution is 0.256. The van der Waals surface area contributed by atoms with Gasteiger partial charge >= 0.3 is 15.3 Å². The van der Waals surface area contributed by atoms with Gasteiger partial charge in [0.2, 0.25) is 0 Å². The van der Waals surface area contributed by atoms with E-state index in [4.69, 9.17) is 33.9 Å². The lowest BCUT2D eigenvalue weighted by Crippen LogP contribution is -2.31. The monoisotopic (exact) mass is 302 g/mol. The first-order valence-electron chi connectivity index (χ1n) is 3.76. The minimum absolute atomic E-state index is 0.246. The van der Waals surface area contributed by atoms with Gasteiger partial charge in [-0.05, 0) is 18.2 Å². The molecule has 0 atom stereocenters. The molecule has 0 fully saturated rings.